The molecule has 0 saturated carbocycles. The summed E-state index contributed by atoms with van der Waals surface area (Å²) in [4.78, 5) is 22.3. The summed E-state index contributed by atoms with van der Waals surface area (Å²) in [5.41, 5.74) is 1.98. The van der Waals surface area contributed by atoms with Crippen molar-refractivity contribution < 1.29 is 9.47 Å². The molecule has 100 valence electrons. The van der Waals surface area contributed by atoms with E-state index in [0.29, 0.717) is 36.1 Å². The quantitative estimate of drug-likeness (QED) is 0.704. The number of hydrogen-bond donors (Lipinski definition) is 2. The average molecular weight is 269 g/mol. The molecule has 0 aliphatic carbocycles. The van der Waals surface area contributed by atoms with Crippen molar-refractivity contribution in [3.05, 3.63) is 40.8 Å². The molecule has 0 bridgehead atoms. The largest absolute Gasteiger partial charge is 0.486 e. The first-order valence-electron chi connectivity index (χ1n) is 6.28. The van der Waals surface area contributed by atoms with Crippen LogP contribution in [0, 0.1) is 0 Å². The Hall–Kier alpha value is -2.76. The van der Waals surface area contributed by atoms with Gasteiger partial charge in [-0.25, -0.2) is 4.98 Å². The molecule has 4 rings (SSSR count). The molecule has 0 radical (unpaired) electrons. The van der Waals surface area contributed by atoms with E-state index in [2.05, 4.69) is 15.0 Å². The second-order valence-electron chi connectivity index (χ2n) is 4.52. The van der Waals surface area contributed by atoms with Crippen molar-refractivity contribution in [1.82, 2.24) is 15.0 Å². The Morgan fingerprint density at radius 2 is 1.95 bits per heavy atom. The molecule has 2 aromatic heterocycles. The standard InChI is InChI=1S/C14H11N3O3/c18-11-1-2-15-7-8(11)14-16-9-5-12-13(6-10(9)17-14)20-4-3-19-12/h1-2,5-7H,3-4H2,(H,15,18)(H,16,17). The molecule has 2 N–H and O–H groups in total. The molecule has 0 saturated heterocycles. The molecule has 1 aromatic carbocycles. The van der Waals surface area contributed by atoms with Crippen molar-refractivity contribution in [3.8, 4) is 22.9 Å². The summed E-state index contributed by atoms with van der Waals surface area (Å²) in [5, 5.41) is 0. The molecule has 0 amide bonds. The molecule has 20 heavy (non-hydrogen) atoms. The third-order valence-corrected chi connectivity index (χ3v) is 3.23. The zero-order valence-electron chi connectivity index (χ0n) is 10.5. The maximum absolute atomic E-state index is 11.8. The number of rotatable bonds is 1. The van der Waals surface area contributed by atoms with E-state index in [-0.39, 0.29) is 5.43 Å². The lowest BCUT2D eigenvalue weighted by Gasteiger charge is -2.17. The van der Waals surface area contributed by atoms with Gasteiger partial charge in [-0.15, -0.1) is 0 Å². The molecule has 1 aliphatic rings. The van der Waals surface area contributed by atoms with E-state index in [1.807, 2.05) is 12.1 Å². The van der Waals surface area contributed by atoms with Crippen LogP contribution in [0.2, 0.25) is 0 Å². The molecule has 0 atom stereocenters. The van der Waals surface area contributed by atoms with Gasteiger partial charge < -0.3 is 19.4 Å². The smallest absolute Gasteiger partial charge is 0.192 e. The van der Waals surface area contributed by atoms with Gasteiger partial charge in [0.25, 0.3) is 0 Å². The summed E-state index contributed by atoms with van der Waals surface area (Å²) < 4.78 is 11.1. The first kappa shape index (κ1) is 11.1. The zero-order chi connectivity index (χ0) is 13.5. The van der Waals surface area contributed by atoms with Crippen LogP contribution in [0.15, 0.2) is 35.4 Å². The van der Waals surface area contributed by atoms with Gasteiger partial charge in [-0.05, 0) is 0 Å². The minimum Gasteiger partial charge on any atom is -0.486 e. The third kappa shape index (κ3) is 1.65. The summed E-state index contributed by atoms with van der Waals surface area (Å²) in [5.74, 6) is 1.91. The molecule has 6 nitrogen and oxygen atoms in total. The highest BCUT2D eigenvalue weighted by Gasteiger charge is 2.15. The Bertz CT molecular complexity index is 807. The van der Waals surface area contributed by atoms with Crippen LogP contribution in [0.25, 0.3) is 22.4 Å². The first-order valence-corrected chi connectivity index (χ1v) is 6.28. The number of nitrogens with zero attached hydrogens (tertiary/aromatic N) is 1. The fourth-order valence-electron chi connectivity index (χ4n) is 2.28. The number of nitrogens with one attached hydrogen (secondary N) is 2. The number of aromatic nitrogens is 3. The maximum Gasteiger partial charge on any atom is 0.192 e. The van der Waals surface area contributed by atoms with Crippen LogP contribution in [-0.2, 0) is 0 Å². The van der Waals surface area contributed by atoms with E-state index in [9.17, 15) is 4.79 Å². The van der Waals surface area contributed by atoms with Crippen LogP contribution in [-0.4, -0.2) is 28.2 Å². The average Bonchev–Trinajstić information content (AvgIpc) is 2.87. The van der Waals surface area contributed by atoms with Crippen LogP contribution >= 0.6 is 0 Å². The summed E-state index contributed by atoms with van der Waals surface area (Å²) >= 11 is 0. The zero-order valence-corrected chi connectivity index (χ0v) is 10.5. The number of imidazole rings is 1. The highest BCUT2D eigenvalue weighted by Crippen LogP contribution is 2.34. The number of fused-ring (bicyclic) bond motifs is 2. The lowest BCUT2D eigenvalue weighted by atomic mass is 10.2. The van der Waals surface area contributed by atoms with Crippen molar-refractivity contribution in [2.75, 3.05) is 13.2 Å². The Balaban J connectivity index is 1.91. The number of benzene rings is 1. The van der Waals surface area contributed by atoms with Gasteiger partial charge in [-0.3, -0.25) is 4.79 Å². The van der Waals surface area contributed by atoms with Gasteiger partial charge in [0.05, 0.1) is 16.6 Å². The van der Waals surface area contributed by atoms with E-state index >= 15 is 0 Å². The minimum atomic E-state index is -0.0833. The monoisotopic (exact) mass is 269 g/mol. The van der Waals surface area contributed by atoms with E-state index in [1.165, 1.54) is 6.07 Å². The Labute approximate surface area is 113 Å². The number of H-pyrrole nitrogens is 2. The fourth-order valence-corrected chi connectivity index (χ4v) is 2.28. The predicted molar refractivity (Wildman–Crippen MR) is 73.1 cm³/mol. The molecular formula is C14H11N3O3. The predicted octanol–water partition coefficient (Wildman–Crippen LogP) is 1.69. The van der Waals surface area contributed by atoms with E-state index < -0.39 is 0 Å². The third-order valence-electron chi connectivity index (χ3n) is 3.23. The summed E-state index contributed by atoms with van der Waals surface area (Å²) in [6, 6.07) is 5.14. The second-order valence-corrected chi connectivity index (χ2v) is 4.52. The Kier molecular flexibility index (Phi) is 2.29. The van der Waals surface area contributed by atoms with Crippen LogP contribution in [0.1, 0.15) is 0 Å². The Morgan fingerprint density at radius 3 is 2.75 bits per heavy atom. The van der Waals surface area contributed by atoms with Crippen LogP contribution in [0.4, 0.5) is 0 Å². The highest BCUT2D eigenvalue weighted by atomic mass is 16.6. The van der Waals surface area contributed by atoms with Crippen molar-refractivity contribution in [2.45, 2.75) is 0 Å². The molecule has 0 unspecified atom stereocenters. The molecule has 3 aromatic rings. The first-order chi connectivity index (χ1) is 9.81. The van der Waals surface area contributed by atoms with Gasteiger partial charge in [0.2, 0.25) is 0 Å². The summed E-state index contributed by atoms with van der Waals surface area (Å²) in [6.07, 6.45) is 3.22. The molecular weight excluding hydrogens is 258 g/mol. The van der Waals surface area contributed by atoms with Gasteiger partial charge in [0.1, 0.15) is 19.0 Å². The topological polar surface area (TPSA) is 80.0 Å². The summed E-state index contributed by atoms with van der Waals surface area (Å²) in [7, 11) is 0. The molecule has 6 heteroatoms. The molecule has 0 spiro atoms. The van der Waals surface area contributed by atoms with Gasteiger partial charge in [-0.2, -0.15) is 0 Å². The van der Waals surface area contributed by atoms with Crippen molar-refractivity contribution in [1.29, 1.82) is 0 Å². The van der Waals surface area contributed by atoms with Crippen molar-refractivity contribution in [2.24, 2.45) is 0 Å². The number of ether oxygens (including phenoxy) is 2. The lowest BCUT2D eigenvalue weighted by Crippen LogP contribution is -2.15. The van der Waals surface area contributed by atoms with Crippen molar-refractivity contribution in [3.63, 3.8) is 0 Å². The minimum absolute atomic E-state index is 0.0833. The van der Waals surface area contributed by atoms with Gasteiger partial charge in [0, 0.05) is 30.6 Å². The lowest BCUT2D eigenvalue weighted by molar-refractivity contribution is 0.172. The van der Waals surface area contributed by atoms with Crippen molar-refractivity contribution >= 4 is 11.0 Å². The molecule has 1 aliphatic heterocycles. The van der Waals surface area contributed by atoms with Gasteiger partial charge in [0.15, 0.2) is 16.9 Å². The van der Waals surface area contributed by atoms with Crippen LogP contribution in [0.5, 0.6) is 11.5 Å². The highest BCUT2D eigenvalue weighted by molar-refractivity contribution is 5.83. The van der Waals surface area contributed by atoms with Gasteiger partial charge in [-0.1, -0.05) is 0 Å². The molecule has 3 heterocycles. The van der Waals surface area contributed by atoms with Crippen LogP contribution < -0.4 is 14.9 Å². The van der Waals surface area contributed by atoms with Gasteiger partial charge >= 0.3 is 0 Å². The normalized spacial score (nSPS) is 13.6. The summed E-state index contributed by atoms with van der Waals surface area (Å²) in [6.45, 7) is 1.08. The van der Waals surface area contributed by atoms with E-state index in [1.54, 1.807) is 12.4 Å². The maximum atomic E-state index is 11.8. The molecule has 0 fully saturated rings. The number of aromatic amines is 2. The number of pyridine rings is 1. The van der Waals surface area contributed by atoms with E-state index in [4.69, 9.17) is 9.47 Å². The fraction of sp³-hybridized carbons (Fsp3) is 0.143. The van der Waals surface area contributed by atoms with E-state index in [0.717, 1.165) is 11.0 Å². The number of hydrogen-bond acceptors (Lipinski definition) is 4. The SMILES string of the molecule is O=c1cc[nH]cc1-c1nc2cc3c(cc2[nH]1)OCCO3. The Morgan fingerprint density at radius 1 is 1.15 bits per heavy atom. The second kappa shape index (κ2) is 4.12. The van der Waals surface area contributed by atoms with Crippen LogP contribution in [0.3, 0.4) is 0 Å².